The number of nitrogens with two attached hydrogens (primary N) is 1. The normalized spacial score (nSPS) is 10.8. The van der Waals surface area contributed by atoms with Crippen LogP contribution >= 0.6 is 51.2 Å². The second-order valence-corrected chi connectivity index (χ2v) is 11.2. The molecule has 2 aromatic carbocycles. The number of ether oxygens (including phenoxy) is 1. The van der Waals surface area contributed by atoms with E-state index in [0.29, 0.717) is 18.7 Å². The summed E-state index contributed by atoms with van der Waals surface area (Å²) in [7, 11) is 9.90. The van der Waals surface area contributed by atoms with E-state index in [1.54, 1.807) is 12.1 Å². The second kappa shape index (κ2) is 18.5. The van der Waals surface area contributed by atoms with Gasteiger partial charge in [-0.25, -0.2) is 4.99 Å². The predicted molar refractivity (Wildman–Crippen MR) is 118 cm³/mol. The Kier molecular flexibility index (Phi) is 18.2. The number of hydrogen-bond donors (Lipinski definition) is 2. The Morgan fingerprint density at radius 2 is 1.57 bits per heavy atom. The molecule has 2 aromatic rings. The number of halogens is 4. The number of nitriles is 1. The minimum atomic E-state index is -0.931. The molecule has 3 rings (SSSR count). The molecule has 1 heterocycles. The van der Waals surface area contributed by atoms with Crippen molar-refractivity contribution in [3.63, 3.8) is 0 Å². The summed E-state index contributed by atoms with van der Waals surface area (Å²) in [6.45, 7) is 1.97. The third-order valence-corrected chi connectivity index (χ3v) is 3.84. The molecule has 28 heavy (non-hydrogen) atoms. The average Bonchev–Trinajstić information content (AvgIpc) is 3.25. The van der Waals surface area contributed by atoms with Crippen LogP contribution in [0, 0.1) is 11.3 Å². The summed E-state index contributed by atoms with van der Waals surface area (Å²) >= 11 is 5.71. The van der Waals surface area contributed by atoms with Crippen LogP contribution in [0.5, 0.6) is 0 Å². The fraction of sp³-hybridized carbons (Fsp3) is 0.222. The molecule has 0 aromatic heterocycles. The van der Waals surface area contributed by atoms with Crippen molar-refractivity contribution in [1.29, 1.82) is 5.26 Å². The van der Waals surface area contributed by atoms with Crippen LogP contribution in [0.25, 0.3) is 0 Å². The van der Waals surface area contributed by atoms with Crippen LogP contribution in [0.2, 0.25) is 0 Å². The first-order valence-corrected chi connectivity index (χ1v) is 17.4. The van der Waals surface area contributed by atoms with E-state index in [0.717, 1.165) is 27.0 Å². The van der Waals surface area contributed by atoms with Crippen LogP contribution in [0.4, 0.5) is 0 Å². The quantitative estimate of drug-likeness (QED) is 0.479. The predicted octanol–water partition coefficient (Wildman–Crippen LogP) is 4.86. The molecule has 0 radical (unpaired) electrons. The first-order chi connectivity index (χ1) is 13.5. The number of aliphatic hydroxyl groups excluding tert-OH is 1. The van der Waals surface area contributed by atoms with Gasteiger partial charge in [0.25, 0.3) is 0 Å². The monoisotopic (exact) mass is 601 g/mol. The van der Waals surface area contributed by atoms with Crippen LogP contribution in [0.1, 0.15) is 11.1 Å². The van der Waals surface area contributed by atoms with Crippen molar-refractivity contribution in [2.75, 3.05) is 26.3 Å². The molecular formula is C18H19Br2Cl2N3O2Zn. The van der Waals surface area contributed by atoms with Gasteiger partial charge in [0.1, 0.15) is 6.61 Å². The molecule has 0 atom stereocenters. The first kappa shape index (κ1) is 27.5. The second-order valence-electron chi connectivity index (χ2n) is 4.77. The Labute approximate surface area is 197 Å². The zero-order valence-electron chi connectivity index (χ0n) is 15.0. The van der Waals surface area contributed by atoms with Crippen molar-refractivity contribution < 1.29 is 25.0 Å². The van der Waals surface area contributed by atoms with Crippen molar-refractivity contribution in [2.45, 2.75) is 0 Å². The van der Waals surface area contributed by atoms with Crippen LogP contribution in [0.3, 0.4) is 0 Å². The zero-order chi connectivity index (χ0) is 21.2. The van der Waals surface area contributed by atoms with E-state index in [1.807, 2.05) is 42.5 Å². The van der Waals surface area contributed by atoms with Crippen molar-refractivity contribution >= 4 is 57.1 Å². The summed E-state index contributed by atoms with van der Waals surface area (Å²) in [5.74, 6) is 0.766. The summed E-state index contributed by atoms with van der Waals surface area (Å²) in [6.07, 6.45) is 0. The van der Waals surface area contributed by atoms with E-state index in [2.05, 4.69) is 36.9 Å². The number of aliphatic hydroxyl groups is 1. The van der Waals surface area contributed by atoms with E-state index < -0.39 is 15.1 Å². The van der Waals surface area contributed by atoms with Crippen LogP contribution in [-0.4, -0.2) is 37.3 Å². The molecule has 0 bridgehead atoms. The fourth-order valence-electron chi connectivity index (χ4n) is 1.63. The van der Waals surface area contributed by atoms with Crippen molar-refractivity contribution in [1.82, 2.24) is 0 Å². The molecule has 1 aliphatic heterocycles. The van der Waals surface area contributed by atoms with Crippen molar-refractivity contribution in [2.24, 2.45) is 10.7 Å². The van der Waals surface area contributed by atoms with Gasteiger partial charge >= 0.3 is 34.5 Å². The van der Waals surface area contributed by atoms with Crippen LogP contribution in [0.15, 0.2) is 62.5 Å². The number of aliphatic imine (C=N–C) groups is 1. The fourth-order valence-corrected chi connectivity index (χ4v) is 2.16. The van der Waals surface area contributed by atoms with Gasteiger partial charge in [-0.15, -0.1) is 0 Å². The summed E-state index contributed by atoms with van der Waals surface area (Å²) in [5, 5.41) is 16.1. The van der Waals surface area contributed by atoms with Gasteiger partial charge in [-0.05, 0) is 48.5 Å². The average molecular weight is 605 g/mol. The first-order valence-electron chi connectivity index (χ1n) is 8.04. The van der Waals surface area contributed by atoms with E-state index >= 15 is 0 Å². The maximum absolute atomic E-state index is 8.36. The molecule has 0 unspecified atom stereocenters. The number of rotatable bonds is 2. The molecule has 5 nitrogen and oxygen atoms in total. The van der Waals surface area contributed by atoms with Gasteiger partial charge in [0.15, 0.2) is 0 Å². The molecule has 0 amide bonds. The summed E-state index contributed by atoms with van der Waals surface area (Å²) < 4.78 is 7.39. The third kappa shape index (κ3) is 13.6. The molecule has 3 N–H and O–H groups in total. The van der Waals surface area contributed by atoms with Gasteiger partial charge in [0.05, 0.1) is 24.8 Å². The van der Waals surface area contributed by atoms with E-state index in [4.69, 9.17) is 40.2 Å². The summed E-state index contributed by atoms with van der Waals surface area (Å²) in [4.78, 5) is 4.21. The van der Waals surface area contributed by atoms with E-state index in [1.165, 1.54) is 0 Å². The minimum absolute atomic E-state index is 0.0972. The third-order valence-electron chi connectivity index (χ3n) is 2.78. The molecule has 10 heteroatoms. The standard InChI is InChI=1S/C9H8BrNO.C7H4BrN.C2H7NO.2ClH.Zn/c10-8-3-1-7(2-4-8)9-11-5-6-12-9;8-7-3-1-6(5-9)2-4-7;3-1-2-4;;;/h1-4H,5-6H2;1-4H;4H,1-3H2;2*1H;/q;;;;;+2/p-2. The Balaban J connectivity index is 0.000000403. The number of benzene rings is 2. The van der Waals surface area contributed by atoms with Gasteiger partial charge < -0.3 is 15.6 Å². The SMILES string of the molecule is Brc1ccc(C2=NCCO2)cc1.N#Cc1ccc(Br)cc1.NCCO.[Cl][Zn][Cl]. The Morgan fingerprint density at radius 3 is 1.93 bits per heavy atom. The topological polar surface area (TPSA) is 91.6 Å². The molecule has 0 fully saturated rings. The summed E-state index contributed by atoms with van der Waals surface area (Å²) in [6, 6.07) is 17.2. The summed E-state index contributed by atoms with van der Waals surface area (Å²) in [5.41, 5.74) is 6.52. The molecule has 1 aliphatic rings. The molecule has 0 spiro atoms. The number of hydrogen-bond acceptors (Lipinski definition) is 5. The molecule has 0 saturated carbocycles. The molecule has 0 aliphatic carbocycles. The van der Waals surface area contributed by atoms with Crippen molar-refractivity contribution in [3.05, 3.63) is 68.6 Å². The van der Waals surface area contributed by atoms with E-state index in [-0.39, 0.29) is 6.61 Å². The number of nitrogens with zero attached hydrogens (tertiary/aromatic N) is 2. The molecule has 148 valence electrons. The molecular weight excluding hydrogens is 586 g/mol. The van der Waals surface area contributed by atoms with Crippen LogP contribution < -0.4 is 5.73 Å². The van der Waals surface area contributed by atoms with Gasteiger partial charge in [0.2, 0.25) is 5.90 Å². The van der Waals surface area contributed by atoms with Crippen LogP contribution in [-0.2, 0) is 19.9 Å². The van der Waals surface area contributed by atoms with Gasteiger partial charge in [-0.3, -0.25) is 0 Å². The Hall–Kier alpha value is -0.517. The van der Waals surface area contributed by atoms with Gasteiger partial charge in [0, 0.05) is 21.1 Å². The van der Waals surface area contributed by atoms with Gasteiger partial charge in [-0.2, -0.15) is 5.26 Å². The molecule has 0 saturated heterocycles. The van der Waals surface area contributed by atoms with E-state index in [9.17, 15) is 0 Å². The Bertz CT molecular complexity index is 725. The Morgan fingerprint density at radius 1 is 1.11 bits per heavy atom. The maximum atomic E-state index is 8.36. The van der Waals surface area contributed by atoms with Gasteiger partial charge in [-0.1, -0.05) is 31.9 Å². The van der Waals surface area contributed by atoms with Crippen molar-refractivity contribution in [3.8, 4) is 6.07 Å². The zero-order valence-corrected chi connectivity index (χ0v) is 22.6.